The lowest BCUT2D eigenvalue weighted by atomic mass is 9.97. The van der Waals surface area contributed by atoms with Crippen molar-refractivity contribution in [2.24, 2.45) is 5.92 Å². The second-order valence-corrected chi connectivity index (χ2v) is 15.5. The second-order valence-electron chi connectivity index (χ2n) is 10.8. The Morgan fingerprint density at radius 2 is 1.80 bits per heavy atom. The van der Waals surface area contributed by atoms with E-state index in [0.29, 0.717) is 68.8 Å². The Kier molecular flexibility index (Phi) is 10.7. The minimum absolute atomic E-state index is 0.00641. The van der Waals surface area contributed by atoms with Crippen molar-refractivity contribution in [1.29, 1.82) is 0 Å². The van der Waals surface area contributed by atoms with Crippen molar-refractivity contribution < 1.29 is 34.7 Å². The maximum atomic E-state index is 14.0. The van der Waals surface area contributed by atoms with E-state index < -0.39 is 35.2 Å². The molecular formula is C29H34F3N5O5S3. The van der Waals surface area contributed by atoms with Crippen LogP contribution in [0, 0.1) is 5.92 Å². The van der Waals surface area contributed by atoms with E-state index >= 15 is 0 Å². The van der Waals surface area contributed by atoms with Gasteiger partial charge in [-0.25, -0.2) is 26.8 Å². The van der Waals surface area contributed by atoms with Crippen LogP contribution >= 0.6 is 11.8 Å². The molecule has 2 aromatic carbocycles. The molecule has 0 amide bonds. The van der Waals surface area contributed by atoms with Gasteiger partial charge < -0.3 is 10.1 Å². The molecule has 1 fully saturated rings. The molecule has 0 radical (unpaired) electrons. The molecule has 0 spiro atoms. The van der Waals surface area contributed by atoms with E-state index in [2.05, 4.69) is 24.9 Å². The van der Waals surface area contributed by atoms with Gasteiger partial charge in [0.2, 0.25) is 0 Å². The number of ether oxygens (including phenoxy) is 1. The summed E-state index contributed by atoms with van der Waals surface area (Å²) in [5, 5.41) is 3.12. The van der Waals surface area contributed by atoms with Crippen molar-refractivity contribution in [2.45, 2.75) is 46.0 Å². The molecule has 3 heterocycles. The molecule has 0 aliphatic carbocycles. The fourth-order valence-corrected chi connectivity index (χ4v) is 8.51. The van der Waals surface area contributed by atoms with Crippen molar-refractivity contribution in [2.75, 3.05) is 49.9 Å². The Morgan fingerprint density at radius 3 is 2.53 bits per heavy atom. The fourth-order valence-electron chi connectivity index (χ4n) is 5.28. The number of nitrogens with one attached hydrogen (secondary N) is 2. The Labute approximate surface area is 265 Å². The molecule has 1 saturated heterocycles. The van der Waals surface area contributed by atoms with Crippen molar-refractivity contribution >= 4 is 37.4 Å². The van der Waals surface area contributed by atoms with Crippen LogP contribution < -0.4 is 10.0 Å². The largest absolute Gasteiger partial charge is 0.501 e. The van der Waals surface area contributed by atoms with Crippen molar-refractivity contribution in [1.82, 2.24) is 20.2 Å². The Balaban J connectivity index is 1.46. The SMILES string of the molecule is O=S(=O)(Nc1ncnc2c1CCNC2)c1ccc(C[C@H](CCN2CCOCC2)CSc2ccccc2)c(S(=O)(=O)C(F)(F)F)c1. The Hall–Kier alpha value is -2.76. The van der Waals surface area contributed by atoms with Crippen LogP contribution in [-0.2, 0) is 44.0 Å². The highest BCUT2D eigenvalue weighted by atomic mass is 32.2. The molecule has 1 atom stereocenters. The molecule has 45 heavy (non-hydrogen) atoms. The monoisotopic (exact) mass is 685 g/mol. The third kappa shape index (κ3) is 8.34. The van der Waals surface area contributed by atoms with Gasteiger partial charge in [-0.3, -0.25) is 9.62 Å². The number of benzene rings is 2. The minimum atomic E-state index is -5.89. The molecular weight excluding hydrogens is 652 g/mol. The number of rotatable bonds is 12. The molecule has 1 aromatic heterocycles. The Morgan fingerprint density at radius 1 is 1.04 bits per heavy atom. The summed E-state index contributed by atoms with van der Waals surface area (Å²) in [6.45, 7) is 4.29. The first-order valence-electron chi connectivity index (χ1n) is 14.4. The van der Waals surface area contributed by atoms with Crippen LogP contribution in [0.5, 0.6) is 0 Å². The van der Waals surface area contributed by atoms with E-state index in [1.807, 2.05) is 30.3 Å². The normalized spacial score (nSPS) is 17.0. The molecule has 3 aromatic rings. The number of fused-ring (bicyclic) bond motifs is 1. The fraction of sp³-hybridized carbons (Fsp3) is 0.448. The number of anilines is 1. The number of sulfone groups is 1. The van der Waals surface area contributed by atoms with E-state index in [-0.39, 0.29) is 23.7 Å². The summed E-state index contributed by atoms with van der Waals surface area (Å²) in [6.07, 6.45) is 2.24. The maximum Gasteiger partial charge on any atom is 0.501 e. The van der Waals surface area contributed by atoms with E-state index in [9.17, 15) is 30.0 Å². The van der Waals surface area contributed by atoms with Crippen molar-refractivity contribution in [3.8, 4) is 0 Å². The van der Waals surface area contributed by atoms with E-state index in [1.54, 1.807) is 0 Å². The summed E-state index contributed by atoms with van der Waals surface area (Å²) in [4.78, 5) is 9.70. The lowest BCUT2D eigenvalue weighted by Crippen LogP contribution is -2.37. The summed E-state index contributed by atoms with van der Waals surface area (Å²) in [5.74, 6) is 0.323. The Bertz CT molecular complexity index is 1690. The zero-order chi connectivity index (χ0) is 32.1. The van der Waals surface area contributed by atoms with Gasteiger partial charge in [-0.1, -0.05) is 24.3 Å². The third-order valence-electron chi connectivity index (χ3n) is 7.75. The zero-order valence-electron chi connectivity index (χ0n) is 24.3. The molecule has 0 unspecified atom stereocenters. The van der Waals surface area contributed by atoms with Gasteiger partial charge in [0, 0.05) is 35.8 Å². The highest BCUT2D eigenvalue weighted by molar-refractivity contribution is 7.99. The molecule has 0 saturated carbocycles. The zero-order valence-corrected chi connectivity index (χ0v) is 26.7. The number of thioether (sulfide) groups is 1. The molecule has 0 bridgehead atoms. The summed E-state index contributed by atoms with van der Waals surface area (Å²) >= 11 is 1.54. The first kappa shape index (κ1) is 33.6. The number of halogens is 3. The van der Waals surface area contributed by atoms with Crippen molar-refractivity contribution in [3.63, 3.8) is 0 Å². The van der Waals surface area contributed by atoms with Crippen LogP contribution in [0.25, 0.3) is 0 Å². The van der Waals surface area contributed by atoms with E-state index in [4.69, 9.17) is 4.74 Å². The molecule has 244 valence electrons. The third-order valence-corrected chi connectivity index (χ3v) is 11.9. The standard InChI is InChI=1S/C29H34F3N5O5S3/c30-29(31,32)44(38,39)27-17-24(45(40,41)36-28-25-8-10-33-18-26(25)34-20-35-28)7-6-22(27)16-21(9-11-37-12-14-42-15-13-37)19-43-23-4-2-1-3-5-23/h1-7,17,20-21,33H,8-16,18-19H2,(H,34,35,36)/t21-/m0/s1. The maximum absolute atomic E-state index is 14.0. The number of hydrogen-bond acceptors (Lipinski definition) is 10. The number of morpholine rings is 1. The highest BCUT2D eigenvalue weighted by Crippen LogP contribution is 2.36. The summed E-state index contributed by atoms with van der Waals surface area (Å²) in [6, 6.07) is 12.5. The summed E-state index contributed by atoms with van der Waals surface area (Å²) < 4.78 is 102. The van der Waals surface area contributed by atoms with E-state index in [1.165, 1.54) is 24.2 Å². The molecule has 2 aliphatic rings. The summed E-state index contributed by atoms with van der Waals surface area (Å²) in [5.41, 5.74) is -4.55. The van der Waals surface area contributed by atoms with Crippen LogP contribution in [-0.4, -0.2) is 82.4 Å². The van der Waals surface area contributed by atoms with Gasteiger partial charge in [0.05, 0.1) is 28.7 Å². The average Bonchev–Trinajstić information content (AvgIpc) is 3.03. The molecule has 2 aliphatic heterocycles. The quantitative estimate of drug-likeness (QED) is 0.271. The number of hydrogen-bond donors (Lipinski definition) is 2. The number of nitrogens with zero attached hydrogens (tertiary/aromatic N) is 3. The van der Waals surface area contributed by atoms with Gasteiger partial charge >= 0.3 is 5.51 Å². The summed E-state index contributed by atoms with van der Waals surface area (Å²) in [7, 11) is -10.4. The predicted octanol–water partition coefficient (Wildman–Crippen LogP) is 3.89. The average molecular weight is 686 g/mol. The molecule has 10 nitrogen and oxygen atoms in total. The molecule has 16 heteroatoms. The predicted molar refractivity (Wildman–Crippen MR) is 164 cm³/mol. The highest BCUT2D eigenvalue weighted by Gasteiger charge is 2.48. The van der Waals surface area contributed by atoms with Gasteiger partial charge in [-0.2, -0.15) is 13.2 Å². The van der Waals surface area contributed by atoms with Crippen LogP contribution in [0.3, 0.4) is 0 Å². The second kappa shape index (κ2) is 14.3. The smallest absolute Gasteiger partial charge is 0.379 e. The lowest BCUT2D eigenvalue weighted by molar-refractivity contribution is -0.0436. The minimum Gasteiger partial charge on any atom is -0.379 e. The van der Waals surface area contributed by atoms with Gasteiger partial charge in [-0.15, -0.1) is 11.8 Å². The first-order valence-corrected chi connectivity index (χ1v) is 18.4. The number of alkyl halides is 3. The van der Waals surface area contributed by atoms with Gasteiger partial charge in [0.15, 0.2) is 0 Å². The van der Waals surface area contributed by atoms with Crippen LogP contribution in [0.2, 0.25) is 0 Å². The molecule has 2 N–H and O–H groups in total. The van der Waals surface area contributed by atoms with Crippen LogP contribution in [0.15, 0.2) is 69.5 Å². The van der Waals surface area contributed by atoms with Crippen LogP contribution in [0.4, 0.5) is 19.0 Å². The van der Waals surface area contributed by atoms with E-state index in [0.717, 1.165) is 24.1 Å². The first-order chi connectivity index (χ1) is 21.4. The molecule has 5 rings (SSSR count). The topological polar surface area (TPSA) is 131 Å². The number of sulfonamides is 1. The van der Waals surface area contributed by atoms with Crippen molar-refractivity contribution in [3.05, 3.63) is 71.7 Å². The van der Waals surface area contributed by atoms with Gasteiger partial charge in [-0.05, 0) is 68.1 Å². The van der Waals surface area contributed by atoms with Crippen LogP contribution in [0.1, 0.15) is 23.2 Å². The van der Waals surface area contributed by atoms with Gasteiger partial charge in [0.25, 0.3) is 19.9 Å². The van der Waals surface area contributed by atoms with Gasteiger partial charge in [0.1, 0.15) is 12.1 Å². The number of aromatic nitrogens is 2. The lowest BCUT2D eigenvalue weighted by Gasteiger charge is -2.28.